The van der Waals surface area contributed by atoms with Crippen LogP contribution in [0.2, 0.25) is 0 Å². The fourth-order valence-electron chi connectivity index (χ4n) is 3.06. The molecule has 0 spiro atoms. The molecule has 3 rings (SSSR count). The lowest BCUT2D eigenvalue weighted by Gasteiger charge is -2.32. The van der Waals surface area contributed by atoms with Crippen molar-refractivity contribution in [2.24, 2.45) is 0 Å². The molecule has 0 aromatic carbocycles. The van der Waals surface area contributed by atoms with Crippen LogP contribution in [-0.4, -0.2) is 40.3 Å². The monoisotopic (exact) mass is 321 g/mol. The second-order valence-electron chi connectivity index (χ2n) is 5.91. The first-order chi connectivity index (χ1) is 10.2. The average molecular weight is 322 g/mol. The highest BCUT2D eigenvalue weighted by Crippen LogP contribution is 2.35. The van der Waals surface area contributed by atoms with Crippen LogP contribution in [0.3, 0.4) is 0 Å². The fourth-order valence-corrected chi connectivity index (χ4v) is 5.22. The topological polar surface area (TPSA) is 29.0 Å². The van der Waals surface area contributed by atoms with Gasteiger partial charge in [-0.1, -0.05) is 6.42 Å². The minimum atomic E-state index is 0.758. The van der Waals surface area contributed by atoms with Gasteiger partial charge in [0, 0.05) is 22.1 Å². The summed E-state index contributed by atoms with van der Waals surface area (Å²) in [5.74, 6) is 1.15. The van der Waals surface area contributed by atoms with Gasteiger partial charge in [-0.2, -0.15) is 0 Å². The minimum absolute atomic E-state index is 0.758. The summed E-state index contributed by atoms with van der Waals surface area (Å²) in [6.45, 7) is 5.62. The maximum absolute atomic E-state index is 4.53. The molecule has 3 nitrogen and oxygen atoms in total. The van der Waals surface area contributed by atoms with Gasteiger partial charge in [0.2, 0.25) is 0 Å². The molecular weight excluding hydrogens is 298 g/mol. The first-order valence-corrected chi connectivity index (χ1v) is 9.50. The predicted octanol–water partition coefficient (Wildman–Crippen LogP) is 4.27. The number of fused-ring (bicyclic) bond motifs is 1. The number of likely N-dealkylation sites (tertiary alicyclic amines) is 1. The third-order valence-electron chi connectivity index (χ3n) is 4.54. The summed E-state index contributed by atoms with van der Waals surface area (Å²) in [4.78, 5) is 14.0. The summed E-state index contributed by atoms with van der Waals surface area (Å²) in [6, 6.07) is 0.758. The summed E-state index contributed by atoms with van der Waals surface area (Å²) in [6.07, 6.45) is 7.08. The highest BCUT2D eigenvalue weighted by atomic mass is 32.2. The van der Waals surface area contributed by atoms with Crippen molar-refractivity contribution in [2.75, 3.05) is 19.3 Å². The van der Waals surface area contributed by atoms with Crippen LogP contribution >= 0.6 is 23.1 Å². The molecule has 0 aliphatic carbocycles. The largest absolute Gasteiger partial charge is 0.303 e. The van der Waals surface area contributed by atoms with Crippen molar-refractivity contribution in [2.45, 2.75) is 50.6 Å². The van der Waals surface area contributed by atoms with Crippen LogP contribution < -0.4 is 0 Å². The van der Waals surface area contributed by atoms with E-state index in [1.165, 1.54) is 53.1 Å². The summed E-state index contributed by atoms with van der Waals surface area (Å²) in [7, 11) is 2.27. The predicted molar refractivity (Wildman–Crippen MR) is 92.5 cm³/mol. The van der Waals surface area contributed by atoms with Crippen molar-refractivity contribution in [3.8, 4) is 0 Å². The minimum Gasteiger partial charge on any atom is -0.303 e. The number of nitrogens with zero attached hydrogens (tertiary/aromatic N) is 3. The Bertz CT molecular complexity index is 623. The molecule has 114 valence electrons. The van der Waals surface area contributed by atoms with E-state index < -0.39 is 0 Å². The van der Waals surface area contributed by atoms with Gasteiger partial charge in [-0.05, 0) is 52.3 Å². The van der Waals surface area contributed by atoms with Crippen LogP contribution in [0.25, 0.3) is 10.2 Å². The summed E-state index contributed by atoms with van der Waals surface area (Å²) >= 11 is 3.68. The summed E-state index contributed by atoms with van der Waals surface area (Å²) in [5.41, 5.74) is 1.35. The number of aromatic nitrogens is 2. The molecule has 1 fully saturated rings. The van der Waals surface area contributed by atoms with Gasteiger partial charge in [0.1, 0.15) is 16.2 Å². The highest BCUT2D eigenvalue weighted by molar-refractivity contribution is 7.99. The van der Waals surface area contributed by atoms with Gasteiger partial charge in [0.05, 0.1) is 0 Å². The number of piperidine rings is 1. The van der Waals surface area contributed by atoms with Crippen LogP contribution in [0.15, 0.2) is 11.4 Å². The fraction of sp³-hybridized carbons (Fsp3) is 0.625. The molecule has 0 amide bonds. The van der Waals surface area contributed by atoms with E-state index in [1.807, 2.05) is 11.8 Å². The van der Waals surface area contributed by atoms with Crippen molar-refractivity contribution in [3.63, 3.8) is 0 Å². The van der Waals surface area contributed by atoms with E-state index >= 15 is 0 Å². The van der Waals surface area contributed by atoms with E-state index in [2.05, 4.69) is 35.8 Å². The lowest BCUT2D eigenvalue weighted by Crippen LogP contribution is -2.36. The number of thioether (sulfide) groups is 1. The molecule has 21 heavy (non-hydrogen) atoms. The van der Waals surface area contributed by atoms with Crippen molar-refractivity contribution in [1.29, 1.82) is 0 Å². The zero-order valence-electron chi connectivity index (χ0n) is 13.1. The maximum Gasteiger partial charge on any atom is 0.128 e. The third kappa shape index (κ3) is 3.25. The number of hydrogen-bond donors (Lipinski definition) is 0. The van der Waals surface area contributed by atoms with E-state index in [0.29, 0.717) is 0 Å². The Hall–Kier alpha value is -0.650. The molecule has 1 aliphatic rings. The number of thiophene rings is 1. The molecule has 1 atom stereocenters. The molecule has 3 heterocycles. The van der Waals surface area contributed by atoms with Gasteiger partial charge in [0.15, 0.2) is 0 Å². The van der Waals surface area contributed by atoms with Crippen molar-refractivity contribution in [3.05, 3.63) is 16.8 Å². The molecule has 2 aromatic rings. The van der Waals surface area contributed by atoms with Gasteiger partial charge in [0.25, 0.3) is 0 Å². The molecule has 2 aromatic heterocycles. The van der Waals surface area contributed by atoms with E-state index in [-0.39, 0.29) is 0 Å². The van der Waals surface area contributed by atoms with Crippen LogP contribution in [0.5, 0.6) is 0 Å². The Kier molecular flexibility index (Phi) is 4.82. The van der Waals surface area contributed by atoms with E-state index in [1.54, 1.807) is 17.7 Å². The molecule has 0 N–H and O–H groups in total. The number of hydrogen-bond acceptors (Lipinski definition) is 5. The molecule has 1 unspecified atom stereocenters. The second kappa shape index (κ2) is 6.63. The Labute approximate surface area is 135 Å². The van der Waals surface area contributed by atoms with Crippen molar-refractivity contribution in [1.82, 2.24) is 14.9 Å². The SMILES string of the molecule is Cc1sc2ncnc(SCCC3CCCCN3C)c2c1C. The van der Waals surface area contributed by atoms with Crippen molar-refractivity contribution >= 4 is 33.3 Å². The van der Waals surface area contributed by atoms with Crippen LogP contribution in [0, 0.1) is 13.8 Å². The number of aryl methyl sites for hydroxylation is 2. The van der Waals surface area contributed by atoms with Crippen LogP contribution in [0.1, 0.15) is 36.1 Å². The zero-order valence-corrected chi connectivity index (χ0v) is 14.7. The van der Waals surface area contributed by atoms with E-state index in [9.17, 15) is 0 Å². The lowest BCUT2D eigenvalue weighted by molar-refractivity contribution is 0.182. The van der Waals surface area contributed by atoms with E-state index in [4.69, 9.17) is 0 Å². The molecular formula is C16H23N3S2. The van der Waals surface area contributed by atoms with Gasteiger partial charge in [-0.3, -0.25) is 0 Å². The second-order valence-corrected chi connectivity index (χ2v) is 8.20. The van der Waals surface area contributed by atoms with E-state index in [0.717, 1.165) is 16.6 Å². The number of rotatable bonds is 4. The van der Waals surface area contributed by atoms with Crippen LogP contribution in [0.4, 0.5) is 0 Å². The first kappa shape index (κ1) is 15.3. The van der Waals surface area contributed by atoms with Gasteiger partial charge < -0.3 is 4.90 Å². The Morgan fingerprint density at radius 2 is 2.19 bits per heavy atom. The quantitative estimate of drug-likeness (QED) is 0.621. The Balaban J connectivity index is 1.68. The molecule has 0 radical (unpaired) electrons. The molecule has 5 heteroatoms. The molecule has 1 saturated heterocycles. The average Bonchev–Trinajstić information content (AvgIpc) is 2.77. The Morgan fingerprint density at radius 1 is 1.33 bits per heavy atom. The smallest absolute Gasteiger partial charge is 0.128 e. The van der Waals surface area contributed by atoms with Crippen LogP contribution in [-0.2, 0) is 0 Å². The highest BCUT2D eigenvalue weighted by Gasteiger charge is 2.19. The Morgan fingerprint density at radius 3 is 3.00 bits per heavy atom. The molecule has 1 aliphatic heterocycles. The molecule has 0 bridgehead atoms. The standard InChI is InChI=1S/C16H23N3S2/c1-11-12(2)21-16-14(11)15(17-10-18-16)20-9-7-13-6-4-5-8-19(13)3/h10,13H,4-9H2,1-3H3. The summed E-state index contributed by atoms with van der Waals surface area (Å²) in [5, 5.41) is 2.45. The first-order valence-electron chi connectivity index (χ1n) is 7.70. The maximum atomic E-state index is 4.53. The van der Waals surface area contributed by atoms with Crippen molar-refractivity contribution < 1.29 is 0 Å². The molecule has 0 saturated carbocycles. The normalized spacial score (nSPS) is 20.2. The summed E-state index contributed by atoms with van der Waals surface area (Å²) < 4.78 is 0. The lowest BCUT2D eigenvalue weighted by atomic mass is 10.0. The van der Waals surface area contributed by atoms with Gasteiger partial charge in [-0.25, -0.2) is 9.97 Å². The third-order valence-corrected chi connectivity index (χ3v) is 6.68. The van der Waals surface area contributed by atoms with Gasteiger partial charge in [-0.15, -0.1) is 23.1 Å². The van der Waals surface area contributed by atoms with Gasteiger partial charge >= 0.3 is 0 Å². The zero-order chi connectivity index (χ0) is 14.8.